The fourth-order valence-corrected chi connectivity index (χ4v) is 9.63. The van der Waals surface area contributed by atoms with Crippen molar-refractivity contribution in [2.45, 2.75) is 5.41 Å². The second kappa shape index (κ2) is 12.7. The summed E-state index contributed by atoms with van der Waals surface area (Å²) >= 11 is 0. The van der Waals surface area contributed by atoms with Crippen molar-refractivity contribution < 1.29 is 8.83 Å². The van der Waals surface area contributed by atoms with Crippen molar-refractivity contribution in [3.05, 3.63) is 235 Å². The highest BCUT2D eigenvalue weighted by molar-refractivity contribution is 6.10. The second-order valence-corrected chi connectivity index (χ2v) is 15.2. The summed E-state index contributed by atoms with van der Waals surface area (Å²) in [6.45, 7) is 0. The molecule has 0 N–H and O–H groups in total. The molecule has 0 amide bonds. The van der Waals surface area contributed by atoms with E-state index in [1.165, 1.54) is 33.4 Å². The van der Waals surface area contributed by atoms with Crippen LogP contribution in [0.1, 0.15) is 22.3 Å². The van der Waals surface area contributed by atoms with E-state index in [4.69, 9.17) is 8.83 Å². The van der Waals surface area contributed by atoms with Crippen LogP contribution in [0.5, 0.6) is 0 Å². The maximum Gasteiger partial charge on any atom is 0.143 e. The first-order valence-electron chi connectivity index (χ1n) is 19.8. The fraction of sp³-hybridized carbons (Fsp3) is 0.0182. The van der Waals surface area contributed by atoms with Crippen molar-refractivity contribution in [3.8, 4) is 22.3 Å². The Morgan fingerprint density at radius 3 is 1.69 bits per heavy atom. The maximum absolute atomic E-state index is 6.91. The normalized spacial score (nSPS) is 13.0. The third-order valence-corrected chi connectivity index (χ3v) is 12.1. The van der Waals surface area contributed by atoms with Crippen LogP contribution in [-0.4, -0.2) is 0 Å². The van der Waals surface area contributed by atoms with Crippen molar-refractivity contribution >= 4 is 60.9 Å². The monoisotopic (exact) mass is 741 g/mol. The van der Waals surface area contributed by atoms with E-state index in [-0.39, 0.29) is 0 Å². The van der Waals surface area contributed by atoms with Gasteiger partial charge in [-0.05, 0) is 93.5 Å². The average molecular weight is 742 g/mol. The van der Waals surface area contributed by atoms with Gasteiger partial charge in [0.05, 0.1) is 5.41 Å². The molecule has 2 heterocycles. The molecule has 0 atom stereocenters. The predicted molar refractivity (Wildman–Crippen MR) is 238 cm³/mol. The molecule has 0 saturated heterocycles. The molecule has 272 valence electrons. The van der Waals surface area contributed by atoms with Crippen LogP contribution < -0.4 is 4.90 Å². The van der Waals surface area contributed by atoms with E-state index in [9.17, 15) is 0 Å². The molecule has 0 unspecified atom stereocenters. The Morgan fingerprint density at radius 2 is 0.914 bits per heavy atom. The van der Waals surface area contributed by atoms with E-state index in [0.29, 0.717) is 0 Å². The van der Waals surface area contributed by atoms with E-state index in [1.807, 2.05) is 12.1 Å². The summed E-state index contributed by atoms with van der Waals surface area (Å²) in [6.07, 6.45) is 0. The Bertz CT molecular complexity index is 3290. The number of nitrogens with zero attached hydrogens (tertiary/aromatic N) is 1. The average Bonchev–Trinajstić information content (AvgIpc) is 3.95. The molecule has 2 aromatic heterocycles. The van der Waals surface area contributed by atoms with Gasteiger partial charge in [0.15, 0.2) is 0 Å². The van der Waals surface area contributed by atoms with Gasteiger partial charge in [-0.2, -0.15) is 0 Å². The van der Waals surface area contributed by atoms with Gasteiger partial charge in [-0.15, -0.1) is 0 Å². The van der Waals surface area contributed by atoms with E-state index in [2.05, 4.69) is 205 Å². The van der Waals surface area contributed by atoms with Crippen LogP contribution in [0.3, 0.4) is 0 Å². The smallest absolute Gasteiger partial charge is 0.143 e. The molecule has 0 aliphatic heterocycles. The lowest BCUT2D eigenvalue weighted by Gasteiger charge is -2.33. The SMILES string of the molecule is c1ccc(N(c2ccc(-c3cccc4c3oc3ccccc34)cc2)c2ccc3c(c2)oc2cc4c(cc23)-c2ccccc2C4(c2ccccc2)c2ccccc2)cc1. The Hall–Kier alpha value is -7.62. The zero-order chi connectivity index (χ0) is 38.2. The molecule has 1 aliphatic carbocycles. The molecular weight excluding hydrogens is 707 g/mol. The molecule has 1 aliphatic rings. The second-order valence-electron chi connectivity index (χ2n) is 15.2. The molecule has 0 saturated carbocycles. The predicted octanol–water partition coefficient (Wildman–Crippen LogP) is 15.0. The Morgan fingerprint density at radius 1 is 0.328 bits per heavy atom. The number of rotatable bonds is 6. The van der Waals surface area contributed by atoms with Gasteiger partial charge >= 0.3 is 0 Å². The lowest BCUT2D eigenvalue weighted by Crippen LogP contribution is -2.28. The van der Waals surface area contributed by atoms with Crippen molar-refractivity contribution in [1.29, 1.82) is 0 Å². The molecule has 12 rings (SSSR count). The Labute approximate surface area is 335 Å². The van der Waals surface area contributed by atoms with E-state index in [0.717, 1.165) is 72.1 Å². The first-order valence-corrected chi connectivity index (χ1v) is 19.8. The summed E-state index contributed by atoms with van der Waals surface area (Å²) in [5, 5.41) is 4.47. The molecular formula is C55H35NO2. The van der Waals surface area contributed by atoms with Gasteiger partial charge in [-0.1, -0.05) is 152 Å². The van der Waals surface area contributed by atoms with E-state index in [1.54, 1.807) is 0 Å². The number of anilines is 3. The maximum atomic E-state index is 6.91. The van der Waals surface area contributed by atoms with Crippen molar-refractivity contribution in [3.63, 3.8) is 0 Å². The zero-order valence-corrected chi connectivity index (χ0v) is 31.5. The number of hydrogen-bond acceptors (Lipinski definition) is 3. The molecule has 3 nitrogen and oxygen atoms in total. The topological polar surface area (TPSA) is 29.5 Å². The van der Waals surface area contributed by atoms with Crippen LogP contribution in [0.25, 0.3) is 66.1 Å². The summed E-state index contributed by atoms with van der Waals surface area (Å²) < 4.78 is 13.3. The minimum Gasteiger partial charge on any atom is -0.456 e. The van der Waals surface area contributed by atoms with Crippen molar-refractivity contribution in [1.82, 2.24) is 0 Å². The summed E-state index contributed by atoms with van der Waals surface area (Å²) in [5.41, 5.74) is 15.9. The lowest BCUT2D eigenvalue weighted by molar-refractivity contribution is 0.666. The Kier molecular flexibility index (Phi) is 7.14. The quantitative estimate of drug-likeness (QED) is 0.170. The highest BCUT2D eigenvalue weighted by atomic mass is 16.3. The molecule has 0 spiro atoms. The van der Waals surface area contributed by atoms with Gasteiger partial charge < -0.3 is 13.7 Å². The standard InChI is InChI=1S/C55H35NO2/c1-4-15-37(16-5-1)55(38-17-6-2-7-18-38)49-25-12-10-21-43(49)47-34-48-45-32-31-41(33-52(45)57-53(48)35-50(47)55)56(39-19-8-3-9-20-39)40-29-27-36(28-30-40)42-23-14-24-46-44-22-11-13-26-51(44)58-54(42)46/h1-35H. The third-order valence-electron chi connectivity index (χ3n) is 12.1. The number of fused-ring (bicyclic) bond motifs is 9. The Balaban J connectivity index is 1.00. The number of benzene rings is 9. The van der Waals surface area contributed by atoms with Crippen LogP contribution in [0.4, 0.5) is 17.1 Å². The molecule has 0 fully saturated rings. The number of hydrogen-bond donors (Lipinski definition) is 0. The summed E-state index contributed by atoms with van der Waals surface area (Å²) in [5.74, 6) is 0. The number of para-hydroxylation sites is 3. The molecule has 3 heteroatoms. The van der Waals surface area contributed by atoms with Crippen LogP contribution in [0.15, 0.2) is 221 Å². The van der Waals surface area contributed by atoms with Crippen LogP contribution in [0, 0.1) is 0 Å². The van der Waals surface area contributed by atoms with Gasteiger partial charge in [0, 0.05) is 50.2 Å². The van der Waals surface area contributed by atoms with Crippen molar-refractivity contribution in [2.75, 3.05) is 4.90 Å². The minimum atomic E-state index is -0.487. The highest BCUT2D eigenvalue weighted by Gasteiger charge is 2.46. The zero-order valence-electron chi connectivity index (χ0n) is 31.5. The molecule has 58 heavy (non-hydrogen) atoms. The highest BCUT2D eigenvalue weighted by Crippen LogP contribution is 2.57. The molecule has 0 bridgehead atoms. The molecule has 9 aromatic carbocycles. The van der Waals surface area contributed by atoms with Gasteiger partial charge in [-0.25, -0.2) is 0 Å². The molecule has 0 radical (unpaired) electrons. The third kappa shape index (κ3) is 4.74. The van der Waals surface area contributed by atoms with E-state index < -0.39 is 5.41 Å². The fourth-order valence-electron chi connectivity index (χ4n) is 9.63. The largest absolute Gasteiger partial charge is 0.456 e. The van der Waals surface area contributed by atoms with Gasteiger partial charge in [0.25, 0.3) is 0 Å². The van der Waals surface area contributed by atoms with E-state index >= 15 is 0 Å². The van der Waals surface area contributed by atoms with Crippen molar-refractivity contribution in [2.24, 2.45) is 0 Å². The summed E-state index contributed by atoms with van der Waals surface area (Å²) in [4.78, 5) is 2.30. The molecule has 11 aromatic rings. The van der Waals surface area contributed by atoms with Gasteiger partial charge in [0.1, 0.15) is 22.3 Å². The van der Waals surface area contributed by atoms with Crippen LogP contribution >= 0.6 is 0 Å². The minimum absolute atomic E-state index is 0.487. The number of furan rings is 2. The first kappa shape index (κ1) is 32.6. The van der Waals surface area contributed by atoms with Gasteiger partial charge in [-0.3, -0.25) is 0 Å². The van der Waals surface area contributed by atoms with Crippen LogP contribution in [0.2, 0.25) is 0 Å². The lowest BCUT2D eigenvalue weighted by atomic mass is 9.67. The summed E-state index contributed by atoms with van der Waals surface area (Å²) in [6, 6.07) is 76.0. The van der Waals surface area contributed by atoms with Crippen LogP contribution in [-0.2, 0) is 5.41 Å². The summed E-state index contributed by atoms with van der Waals surface area (Å²) in [7, 11) is 0. The first-order chi connectivity index (χ1) is 28.8. The van der Waals surface area contributed by atoms with Gasteiger partial charge in [0.2, 0.25) is 0 Å².